The molecule has 6 nitrogen and oxygen atoms in total. The lowest BCUT2D eigenvalue weighted by Crippen LogP contribution is -2.47. The van der Waals surface area contributed by atoms with Crippen LogP contribution in [0.25, 0.3) is 0 Å². The summed E-state index contributed by atoms with van der Waals surface area (Å²) in [5.41, 5.74) is 0.331. The lowest BCUT2D eigenvalue weighted by Gasteiger charge is -2.31. The van der Waals surface area contributed by atoms with Crippen LogP contribution >= 0.6 is 11.3 Å². The minimum Gasteiger partial charge on any atom is -0.461 e. The van der Waals surface area contributed by atoms with Crippen LogP contribution in [0.5, 0.6) is 0 Å². The van der Waals surface area contributed by atoms with Gasteiger partial charge in [0, 0.05) is 31.6 Å². The fourth-order valence-corrected chi connectivity index (χ4v) is 2.51. The Morgan fingerprint density at radius 1 is 1.37 bits per heavy atom. The number of ether oxygens (including phenoxy) is 1. The van der Waals surface area contributed by atoms with Crippen LogP contribution in [0.3, 0.4) is 0 Å². The van der Waals surface area contributed by atoms with Gasteiger partial charge in [0.1, 0.15) is 5.69 Å². The smallest absolute Gasteiger partial charge is 0.367 e. The molecule has 1 saturated heterocycles. The van der Waals surface area contributed by atoms with E-state index in [1.807, 2.05) is 7.05 Å². The van der Waals surface area contributed by atoms with E-state index in [4.69, 9.17) is 4.74 Å². The van der Waals surface area contributed by atoms with Gasteiger partial charge in [0.15, 0.2) is 0 Å². The molecule has 0 atom stereocenters. The first-order valence-electron chi connectivity index (χ1n) is 6.22. The Labute approximate surface area is 116 Å². The summed E-state index contributed by atoms with van der Waals surface area (Å²) in [7, 11) is 2.03. The molecule has 0 aliphatic carbocycles. The standard InChI is InChI=1S/C12H17N3O3S/c1-3-18-12(17)10-13-9(8-19-10)11(16)15-6-4-14(2)5-7-15/h8H,3-7H2,1-2H3. The van der Waals surface area contributed by atoms with Crippen molar-refractivity contribution in [2.75, 3.05) is 39.8 Å². The third-order valence-electron chi connectivity index (χ3n) is 2.96. The Hall–Kier alpha value is -1.47. The van der Waals surface area contributed by atoms with E-state index in [1.54, 1.807) is 17.2 Å². The molecule has 1 aromatic heterocycles. The second-order valence-corrected chi connectivity index (χ2v) is 5.21. The maximum Gasteiger partial charge on any atom is 0.367 e. The number of thiazole rings is 1. The SMILES string of the molecule is CCOC(=O)c1nc(C(=O)N2CCN(C)CC2)cs1. The van der Waals surface area contributed by atoms with Crippen LogP contribution in [0.15, 0.2) is 5.38 Å². The molecule has 0 N–H and O–H groups in total. The molecular formula is C12H17N3O3S. The summed E-state index contributed by atoms with van der Waals surface area (Å²) in [6, 6.07) is 0. The number of carbonyl (C=O) groups is 2. The van der Waals surface area contributed by atoms with E-state index in [9.17, 15) is 9.59 Å². The van der Waals surface area contributed by atoms with Crippen molar-refractivity contribution in [3.8, 4) is 0 Å². The fraction of sp³-hybridized carbons (Fsp3) is 0.583. The zero-order chi connectivity index (χ0) is 13.8. The molecule has 19 heavy (non-hydrogen) atoms. The summed E-state index contributed by atoms with van der Waals surface area (Å²) in [5.74, 6) is -0.579. The van der Waals surface area contributed by atoms with E-state index in [-0.39, 0.29) is 10.9 Å². The van der Waals surface area contributed by atoms with Crippen molar-refractivity contribution in [1.29, 1.82) is 0 Å². The van der Waals surface area contributed by atoms with Crippen LogP contribution in [0, 0.1) is 0 Å². The monoisotopic (exact) mass is 283 g/mol. The minimum atomic E-state index is -0.468. The van der Waals surface area contributed by atoms with Crippen molar-refractivity contribution in [2.45, 2.75) is 6.92 Å². The highest BCUT2D eigenvalue weighted by atomic mass is 32.1. The first-order chi connectivity index (χ1) is 9.11. The van der Waals surface area contributed by atoms with Gasteiger partial charge in [-0.15, -0.1) is 11.3 Å². The quantitative estimate of drug-likeness (QED) is 0.764. The molecule has 0 radical (unpaired) electrons. The molecule has 1 aliphatic heterocycles. The van der Waals surface area contributed by atoms with Gasteiger partial charge in [-0.1, -0.05) is 0 Å². The van der Waals surface area contributed by atoms with E-state index >= 15 is 0 Å². The maximum absolute atomic E-state index is 12.2. The molecule has 1 aromatic rings. The summed E-state index contributed by atoms with van der Waals surface area (Å²) < 4.78 is 4.86. The van der Waals surface area contributed by atoms with Crippen molar-refractivity contribution < 1.29 is 14.3 Å². The van der Waals surface area contributed by atoms with Crippen LogP contribution in [0.2, 0.25) is 0 Å². The summed E-state index contributed by atoms with van der Waals surface area (Å²) in [5, 5.41) is 1.85. The molecule has 104 valence electrons. The minimum absolute atomic E-state index is 0.111. The number of carbonyl (C=O) groups excluding carboxylic acids is 2. The Kier molecular flexibility index (Phi) is 4.49. The molecule has 0 bridgehead atoms. The molecule has 1 fully saturated rings. The number of piperazine rings is 1. The third-order valence-corrected chi connectivity index (χ3v) is 3.79. The second-order valence-electron chi connectivity index (χ2n) is 4.35. The zero-order valence-corrected chi connectivity index (χ0v) is 11.9. The number of hydrogen-bond donors (Lipinski definition) is 0. The summed E-state index contributed by atoms with van der Waals surface area (Å²) in [6.07, 6.45) is 0. The van der Waals surface area contributed by atoms with Gasteiger partial charge >= 0.3 is 5.97 Å². The first kappa shape index (κ1) is 14.0. The highest BCUT2D eigenvalue weighted by Gasteiger charge is 2.23. The van der Waals surface area contributed by atoms with Gasteiger partial charge in [-0.3, -0.25) is 4.79 Å². The molecule has 0 spiro atoms. The van der Waals surface area contributed by atoms with Crippen LogP contribution in [-0.4, -0.2) is 66.5 Å². The number of aromatic nitrogens is 1. The average Bonchev–Trinajstić information content (AvgIpc) is 2.89. The van der Waals surface area contributed by atoms with E-state index < -0.39 is 5.97 Å². The van der Waals surface area contributed by atoms with Crippen molar-refractivity contribution in [3.05, 3.63) is 16.1 Å². The third kappa shape index (κ3) is 3.30. The largest absolute Gasteiger partial charge is 0.461 e. The molecule has 2 heterocycles. The van der Waals surface area contributed by atoms with E-state index in [0.29, 0.717) is 25.4 Å². The van der Waals surface area contributed by atoms with E-state index in [2.05, 4.69) is 9.88 Å². The van der Waals surface area contributed by atoms with Crippen molar-refractivity contribution >= 4 is 23.2 Å². The summed E-state index contributed by atoms with van der Waals surface area (Å²) in [6.45, 7) is 5.16. The number of esters is 1. The molecule has 1 aliphatic rings. The van der Waals surface area contributed by atoms with Crippen molar-refractivity contribution in [2.24, 2.45) is 0 Å². The van der Waals surface area contributed by atoms with Crippen molar-refractivity contribution in [3.63, 3.8) is 0 Å². The number of rotatable bonds is 3. The number of hydrogen-bond acceptors (Lipinski definition) is 6. The van der Waals surface area contributed by atoms with Gasteiger partial charge in [0.25, 0.3) is 5.91 Å². The van der Waals surface area contributed by atoms with Gasteiger partial charge in [-0.25, -0.2) is 9.78 Å². The van der Waals surface area contributed by atoms with Gasteiger partial charge in [-0.05, 0) is 14.0 Å². The summed E-state index contributed by atoms with van der Waals surface area (Å²) in [4.78, 5) is 31.7. The maximum atomic E-state index is 12.2. The Bertz CT molecular complexity index is 467. The number of amides is 1. The lowest BCUT2D eigenvalue weighted by atomic mass is 10.3. The number of likely N-dealkylation sites (N-methyl/N-ethyl adjacent to an activating group) is 1. The van der Waals surface area contributed by atoms with Gasteiger partial charge in [-0.2, -0.15) is 0 Å². The number of nitrogens with zero attached hydrogens (tertiary/aromatic N) is 3. The normalized spacial score (nSPS) is 16.4. The topological polar surface area (TPSA) is 62.7 Å². The first-order valence-corrected chi connectivity index (χ1v) is 7.10. The molecule has 0 unspecified atom stereocenters. The highest BCUT2D eigenvalue weighted by molar-refractivity contribution is 7.11. The Morgan fingerprint density at radius 2 is 2.05 bits per heavy atom. The van der Waals surface area contributed by atoms with E-state index in [0.717, 1.165) is 24.4 Å². The predicted molar refractivity (Wildman–Crippen MR) is 71.5 cm³/mol. The second kappa shape index (κ2) is 6.12. The van der Waals surface area contributed by atoms with Crippen LogP contribution < -0.4 is 0 Å². The average molecular weight is 283 g/mol. The molecule has 2 rings (SSSR count). The Balaban J connectivity index is 2.02. The zero-order valence-electron chi connectivity index (χ0n) is 11.1. The van der Waals surface area contributed by atoms with E-state index in [1.165, 1.54) is 0 Å². The molecule has 1 amide bonds. The van der Waals surface area contributed by atoms with Crippen molar-refractivity contribution in [1.82, 2.24) is 14.8 Å². The molecule has 0 saturated carbocycles. The molecular weight excluding hydrogens is 266 g/mol. The molecule has 7 heteroatoms. The lowest BCUT2D eigenvalue weighted by molar-refractivity contribution is 0.0525. The predicted octanol–water partition coefficient (Wildman–Crippen LogP) is 0.707. The van der Waals surface area contributed by atoms with Gasteiger partial charge < -0.3 is 14.5 Å². The van der Waals surface area contributed by atoms with Gasteiger partial charge in [0.05, 0.1) is 6.61 Å². The highest BCUT2D eigenvalue weighted by Crippen LogP contribution is 2.14. The van der Waals surface area contributed by atoms with Crippen LogP contribution in [0.1, 0.15) is 27.2 Å². The fourth-order valence-electron chi connectivity index (χ4n) is 1.83. The van der Waals surface area contributed by atoms with Crippen LogP contribution in [-0.2, 0) is 4.74 Å². The van der Waals surface area contributed by atoms with Gasteiger partial charge in [0.2, 0.25) is 5.01 Å². The van der Waals surface area contributed by atoms with Crippen LogP contribution in [0.4, 0.5) is 0 Å². The molecule has 0 aromatic carbocycles. The summed E-state index contributed by atoms with van der Waals surface area (Å²) >= 11 is 1.15. The Morgan fingerprint density at radius 3 is 2.68 bits per heavy atom.